The molecule has 4 atom stereocenters. The molecular weight excluding hydrogens is 178 g/mol. The molecule has 13 heavy (non-hydrogen) atoms. The van der Waals surface area contributed by atoms with E-state index in [4.69, 9.17) is 5.11 Å². The number of fused-ring (bicyclic) bond motifs is 2. The molecule has 2 aliphatic carbocycles. The molecule has 0 amide bonds. The van der Waals surface area contributed by atoms with Crippen LogP contribution in [0.25, 0.3) is 0 Å². The molecule has 2 aliphatic rings. The first kappa shape index (κ1) is 8.66. The molecule has 1 saturated carbocycles. The molecule has 2 bridgehead atoms. The number of hydrogen-bond acceptors (Lipinski definition) is 1. The van der Waals surface area contributed by atoms with E-state index in [-0.39, 0.29) is 11.8 Å². The van der Waals surface area contributed by atoms with Crippen LogP contribution in [0.3, 0.4) is 0 Å². The molecule has 2 rings (SSSR count). The van der Waals surface area contributed by atoms with Gasteiger partial charge < -0.3 is 5.11 Å². The zero-order chi connectivity index (χ0) is 9.59. The molecular formula is C9H10F2O2. The molecule has 0 aromatic carbocycles. The average Bonchev–Trinajstić information content (AvgIpc) is 2.60. The molecule has 0 heterocycles. The highest BCUT2D eigenvalue weighted by Crippen LogP contribution is 2.50. The van der Waals surface area contributed by atoms with Gasteiger partial charge in [0.15, 0.2) is 0 Å². The number of carbonyl (C=O) groups is 1. The topological polar surface area (TPSA) is 37.3 Å². The predicted molar refractivity (Wildman–Crippen MR) is 41.4 cm³/mol. The van der Waals surface area contributed by atoms with Crippen molar-refractivity contribution in [3.8, 4) is 0 Å². The third-order valence-electron chi connectivity index (χ3n) is 3.10. The van der Waals surface area contributed by atoms with Gasteiger partial charge in [-0.25, -0.2) is 8.78 Å². The van der Waals surface area contributed by atoms with Gasteiger partial charge in [0.1, 0.15) is 0 Å². The molecule has 2 nitrogen and oxygen atoms in total. The fraction of sp³-hybridized carbons (Fsp3) is 0.667. The summed E-state index contributed by atoms with van der Waals surface area (Å²) in [5.74, 6) is -3.29. The van der Waals surface area contributed by atoms with Crippen LogP contribution < -0.4 is 0 Å². The van der Waals surface area contributed by atoms with Gasteiger partial charge in [-0.15, -0.1) is 0 Å². The molecule has 0 aromatic heterocycles. The maximum Gasteiger partial charge on any atom is 0.307 e. The van der Waals surface area contributed by atoms with Gasteiger partial charge in [-0.3, -0.25) is 4.79 Å². The SMILES string of the molecule is O=C(O)[C@H]1[C@H](C(F)F)[C@@H]2C=C[C@H]1C2. The van der Waals surface area contributed by atoms with Crippen molar-refractivity contribution in [1.29, 1.82) is 0 Å². The molecule has 0 spiro atoms. The highest BCUT2D eigenvalue weighted by atomic mass is 19.3. The lowest BCUT2D eigenvalue weighted by Gasteiger charge is -2.23. The largest absolute Gasteiger partial charge is 0.481 e. The van der Waals surface area contributed by atoms with Crippen LogP contribution in [-0.2, 0) is 4.79 Å². The minimum atomic E-state index is -2.51. The van der Waals surface area contributed by atoms with E-state index in [0.717, 1.165) is 0 Å². The number of alkyl halides is 2. The first-order valence-corrected chi connectivity index (χ1v) is 4.30. The van der Waals surface area contributed by atoms with Crippen LogP contribution in [0.1, 0.15) is 6.42 Å². The molecule has 72 valence electrons. The van der Waals surface area contributed by atoms with Crippen molar-refractivity contribution in [2.45, 2.75) is 12.8 Å². The number of hydrogen-bond donors (Lipinski definition) is 1. The van der Waals surface area contributed by atoms with Crippen molar-refractivity contribution in [3.63, 3.8) is 0 Å². The lowest BCUT2D eigenvalue weighted by molar-refractivity contribution is -0.146. The van der Waals surface area contributed by atoms with E-state index in [1.165, 1.54) is 0 Å². The van der Waals surface area contributed by atoms with Crippen LogP contribution in [0.4, 0.5) is 8.78 Å². The lowest BCUT2D eigenvalue weighted by Crippen LogP contribution is -2.31. The van der Waals surface area contributed by atoms with Crippen LogP contribution in [0, 0.1) is 23.7 Å². The van der Waals surface area contributed by atoms with Gasteiger partial charge in [0.25, 0.3) is 0 Å². The Kier molecular flexibility index (Phi) is 1.86. The molecule has 0 aliphatic heterocycles. The Morgan fingerprint density at radius 3 is 2.46 bits per heavy atom. The van der Waals surface area contributed by atoms with E-state index >= 15 is 0 Å². The summed E-state index contributed by atoms with van der Waals surface area (Å²) in [5.41, 5.74) is 0. The van der Waals surface area contributed by atoms with Gasteiger partial charge in [0, 0.05) is 5.92 Å². The number of rotatable bonds is 2. The van der Waals surface area contributed by atoms with E-state index in [0.29, 0.717) is 6.42 Å². The highest BCUT2D eigenvalue weighted by molar-refractivity contribution is 5.72. The van der Waals surface area contributed by atoms with Gasteiger partial charge >= 0.3 is 5.97 Å². The summed E-state index contributed by atoms with van der Waals surface area (Å²) in [5, 5.41) is 8.79. The monoisotopic (exact) mass is 188 g/mol. The van der Waals surface area contributed by atoms with Gasteiger partial charge in [0.05, 0.1) is 5.92 Å². The quantitative estimate of drug-likeness (QED) is 0.670. The zero-order valence-corrected chi connectivity index (χ0v) is 6.86. The van der Waals surface area contributed by atoms with Crippen molar-refractivity contribution in [1.82, 2.24) is 0 Å². The Labute approximate surface area is 74.2 Å². The summed E-state index contributed by atoms with van der Waals surface area (Å²) in [7, 11) is 0. The number of aliphatic carboxylic acids is 1. The second-order valence-corrected chi connectivity index (χ2v) is 3.72. The minimum absolute atomic E-state index is 0.165. The maximum atomic E-state index is 12.5. The van der Waals surface area contributed by atoms with E-state index in [9.17, 15) is 13.6 Å². The number of allylic oxidation sites excluding steroid dienone is 2. The Morgan fingerprint density at radius 1 is 1.38 bits per heavy atom. The van der Waals surface area contributed by atoms with Gasteiger partial charge in [-0.05, 0) is 18.3 Å². The van der Waals surface area contributed by atoms with Crippen molar-refractivity contribution in [3.05, 3.63) is 12.2 Å². The summed E-state index contributed by atoms with van der Waals surface area (Å²) >= 11 is 0. The van der Waals surface area contributed by atoms with Crippen LogP contribution in [0.2, 0.25) is 0 Å². The molecule has 0 aromatic rings. The van der Waals surface area contributed by atoms with Crippen molar-refractivity contribution in [2.24, 2.45) is 23.7 Å². The van der Waals surface area contributed by atoms with Gasteiger partial charge in [-0.1, -0.05) is 12.2 Å². The molecule has 1 fully saturated rings. The summed E-state index contributed by atoms with van der Waals surface area (Å²) in [6, 6.07) is 0. The van der Waals surface area contributed by atoms with E-state index in [1.54, 1.807) is 12.2 Å². The van der Waals surface area contributed by atoms with E-state index in [2.05, 4.69) is 0 Å². The molecule has 0 unspecified atom stereocenters. The van der Waals surface area contributed by atoms with E-state index in [1.807, 2.05) is 0 Å². The van der Waals surface area contributed by atoms with Crippen LogP contribution >= 0.6 is 0 Å². The second-order valence-electron chi connectivity index (χ2n) is 3.72. The summed E-state index contributed by atoms with van der Waals surface area (Å²) < 4.78 is 25.0. The highest BCUT2D eigenvalue weighted by Gasteiger charge is 2.52. The van der Waals surface area contributed by atoms with Crippen LogP contribution in [-0.4, -0.2) is 17.5 Å². The Bertz CT molecular complexity index is 262. The Morgan fingerprint density at radius 2 is 2.00 bits per heavy atom. The maximum absolute atomic E-state index is 12.5. The first-order valence-electron chi connectivity index (χ1n) is 4.30. The second kappa shape index (κ2) is 2.79. The number of halogens is 2. The average molecular weight is 188 g/mol. The third kappa shape index (κ3) is 1.16. The van der Waals surface area contributed by atoms with E-state index < -0.39 is 24.2 Å². The first-order chi connectivity index (χ1) is 6.11. The normalized spacial score (nSPS) is 41.8. The standard InChI is InChI=1S/C9H10F2O2/c10-8(11)6-4-1-2-5(3-4)7(6)9(12)13/h1-2,4-8H,3H2,(H,12,13)/t4-,5+,6-,7-/m1/s1. The number of carboxylic acid groups (broad SMARTS) is 1. The summed E-state index contributed by atoms with van der Waals surface area (Å²) in [6.45, 7) is 0. The third-order valence-corrected chi connectivity index (χ3v) is 3.10. The molecule has 0 saturated heterocycles. The lowest BCUT2D eigenvalue weighted by atomic mass is 9.83. The van der Waals surface area contributed by atoms with Crippen LogP contribution in [0.15, 0.2) is 12.2 Å². The predicted octanol–water partition coefficient (Wildman–Crippen LogP) is 1.77. The summed E-state index contributed by atoms with van der Waals surface area (Å²) in [6.07, 6.45) is 1.58. The number of carboxylic acids is 1. The van der Waals surface area contributed by atoms with Gasteiger partial charge in [-0.2, -0.15) is 0 Å². The Hall–Kier alpha value is -0.930. The zero-order valence-electron chi connectivity index (χ0n) is 6.86. The molecule has 0 radical (unpaired) electrons. The van der Waals surface area contributed by atoms with Crippen molar-refractivity contribution >= 4 is 5.97 Å². The van der Waals surface area contributed by atoms with Gasteiger partial charge in [0.2, 0.25) is 6.43 Å². The minimum Gasteiger partial charge on any atom is -0.481 e. The summed E-state index contributed by atoms with van der Waals surface area (Å²) in [4.78, 5) is 10.7. The molecule has 1 N–H and O–H groups in total. The Balaban J connectivity index is 2.25. The fourth-order valence-corrected chi connectivity index (χ4v) is 2.55. The smallest absolute Gasteiger partial charge is 0.307 e. The van der Waals surface area contributed by atoms with Crippen LogP contribution in [0.5, 0.6) is 0 Å². The van der Waals surface area contributed by atoms with Crippen molar-refractivity contribution in [2.75, 3.05) is 0 Å². The fourth-order valence-electron chi connectivity index (χ4n) is 2.55. The molecule has 4 heteroatoms. The van der Waals surface area contributed by atoms with Crippen molar-refractivity contribution < 1.29 is 18.7 Å².